The summed E-state index contributed by atoms with van der Waals surface area (Å²) in [7, 11) is 0. The Bertz CT molecular complexity index is 439. The second-order valence-electron chi connectivity index (χ2n) is 5.73. The van der Waals surface area contributed by atoms with E-state index in [4.69, 9.17) is 5.11 Å². The first-order chi connectivity index (χ1) is 9.02. The molecule has 1 aliphatic rings. The predicted molar refractivity (Wildman–Crippen MR) is 74.3 cm³/mol. The van der Waals surface area contributed by atoms with Crippen LogP contribution in [0, 0.1) is 5.92 Å². The van der Waals surface area contributed by atoms with Gasteiger partial charge in [0, 0.05) is 5.41 Å². The molecule has 106 valence electrons. The summed E-state index contributed by atoms with van der Waals surface area (Å²) in [5.41, 5.74) is 0.128. The molecular formula is C13H21N3O2S. The number of aliphatic carboxylic acids is 1. The molecule has 1 aromatic rings. The van der Waals surface area contributed by atoms with Gasteiger partial charge in [0.2, 0.25) is 5.16 Å². The molecule has 0 aliphatic heterocycles. The van der Waals surface area contributed by atoms with Gasteiger partial charge in [0.15, 0.2) is 0 Å². The van der Waals surface area contributed by atoms with Gasteiger partial charge in [-0.1, -0.05) is 38.5 Å². The molecule has 2 N–H and O–H groups in total. The first-order valence-corrected chi connectivity index (χ1v) is 7.78. The fourth-order valence-electron chi connectivity index (χ4n) is 3.05. The van der Waals surface area contributed by atoms with E-state index in [1.165, 1.54) is 24.6 Å². The topological polar surface area (TPSA) is 78.9 Å². The highest BCUT2D eigenvalue weighted by atomic mass is 32.2. The molecule has 0 bridgehead atoms. The van der Waals surface area contributed by atoms with E-state index >= 15 is 0 Å². The summed E-state index contributed by atoms with van der Waals surface area (Å²) < 4.78 is 0. The van der Waals surface area contributed by atoms with Gasteiger partial charge in [-0.3, -0.25) is 9.89 Å². The van der Waals surface area contributed by atoms with Crippen molar-refractivity contribution < 1.29 is 9.90 Å². The van der Waals surface area contributed by atoms with Gasteiger partial charge < -0.3 is 5.11 Å². The van der Waals surface area contributed by atoms with Crippen LogP contribution in [0.15, 0.2) is 5.16 Å². The minimum atomic E-state index is -0.839. The maximum atomic E-state index is 10.6. The summed E-state index contributed by atoms with van der Waals surface area (Å²) in [5, 5.41) is 16.4. The third kappa shape index (κ3) is 3.49. The van der Waals surface area contributed by atoms with Crippen molar-refractivity contribution in [2.45, 2.75) is 56.5 Å². The highest BCUT2D eigenvalue weighted by Crippen LogP contribution is 2.44. The van der Waals surface area contributed by atoms with Crippen molar-refractivity contribution in [1.29, 1.82) is 0 Å². The van der Waals surface area contributed by atoms with Crippen LogP contribution in [0.2, 0.25) is 0 Å². The van der Waals surface area contributed by atoms with Crippen LogP contribution in [0.25, 0.3) is 0 Å². The molecule has 1 aliphatic carbocycles. The average Bonchev–Trinajstić information content (AvgIpc) is 2.94. The fourth-order valence-corrected chi connectivity index (χ4v) is 3.56. The molecule has 19 heavy (non-hydrogen) atoms. The number of aromatic nitrogens is 3. The number of carboxylic acids is 1. The number of H-pyrrole nitrogens is 1. The third-order valence-corrected chi connectivity index (χ3v) is 4.48. The smallest absolute Gasteiger partial charge is 0.313 e. The van der Waals surface area contributed by atoms with Crippen molar-refractivity contribution in [1.82, 2.24) is 15.2 Å². The maximum absolute atomic E-state index is 10.6. The highest BCUT2D eigenvalue weighted by molar-refractivity contribution is 7.99. The first kappa shape index (κ1) is 14.4. The largest absolute Gasteiger partial charge is 0.481 e. The number of nitrogens with zero attached hydrogens (tertiary/aromatic N) is 2. The Morgan fingerprint density at radius 1 is 1.47 bits per heavy atom. The molecule has 5 nitrogen and oxygen atoms in total. The number of carbonyl (C=O) groups is 1. The molecule has 0 spiro atoms. The Balaban J connectivity index is 2.12. The molecule has 0 unspecified atom stereocenters. The van der Waals surface area contributed by atoms with Crippen LogP contribution in [0.3, 0.4) is 0 Å². The van der Waals surface area contributed by atoms with Crippen molar-refractivity contribution in [3.8, 4) is 0 Å². The van der Waals surface area contributed by atoms with Crippen molar-refractivity contribution in [3.63, 3.8) is 0 Å². The number of thioether (sulfide) groups is 1. The number of nitrogens with one attached hydrogen (secondary N) is 1. The zero-order valence-electron chi connectivity index (χ0n) is 11.5. The van der Waals surface area contributed by atoms with Gasteiger partial charge in [0.05, 0.1) is 5.75 Å². The summed E-state index contributed by atoms with van der Waals surface area (Å²) in [4.78, 5) is 15.1. The van der Waals surface area contributed by atoms with Crippen LogP contribution < -0.4 is 0 Å². The van der Waals surface area contributed by atoms with Crippen LogP contribution in [0.4, 0.5) is 0 Å². The maximum Gasteiger partial charge on any atom is 0.313 e. The molecule has 1 aromatic heterocycles. The van der Waals surface area contributed by atoms with E-state index in [1.54, 1.807) is 0 Å². The Labute approximate surface area is 117 Å². The second-order valence-corrected chi connectivity index (χ2v) is 6.68. The molecule has 2 rings (SSSR count). The number of aromatic amines is 1. The molecular weight excluding hydrogens is 262 g/mol. The summed E-state index contributed by atoms with van der Waals surface area (Å²) in [6.07, 6.45) is 5.91. The van der Waals surface area contributed by atoms with E-state index in [1.807, 2.05) is 0 Å². The number of carboxylic acid groups (broad SMARTS) is 1. The SMILES string of the molecule is CC(C)CC1(c2nc(SCC(=O)O)n[nH]2)CCCC1. The van der Waals surface area contributed by atoms with Crippen LogP contribution in [-0.2, 0) is 10.2 Å². The molecule has 1 heterocycles. The van der Waals surface area contributed by atoms with Gasteiger partial charge in [-0.2, -0.15) is 0 Å². The molecule has 0 aromatic carbocycles. The van der Waals surface area contributed by atoms with E-state index in [-0.39, 0.29) is 11.2 Å². The zero-order chi connectivity index (χ0) is 13.9. The number of hydrogen-bond acceptors (Lipinski definition) is 4. The lowest BCUT2D eigenvalue weighted by molar-refractivity contribution is -0.133. The van der Waals surface area contributed by atoms with Crippen LogP contribution in [0.1, 0.15) is 51.8 Å². The molecule has 0 amide bonds. The molecule has 1 fully saturated rings. The number of hydrogen-bond donors (Lipinski definition) is 2. The monoisotopic (exact) mass is 283 g/mol. The van der Waals surface area contributed by atoms with Crippen LogP contribution in [0.5, 0.6) is 0 Å². The highest BCUT2D eigenvalue weighted by Gasteiger charge is 2.39. The summed E-state index contributed by atoms with van der Waals surface area (Å²) >= 11 is 1.17. The third-order valence-electron chi connectivity index (χ3n) is 3.65. The quantitative estimate of drug-likeness (QED) is 0.785. The predicted octanol–water partition coefficient (Wildman–Crippen LogP) is 2.84. The Morgan fingerprint density at radius 3 is 2.74 bits per heavy atom. The Morgan fingerprint density at radius 2 is 2.16 bits per heavy atom. The minimum absolute atomic E-state index is 0.00841. The summed E-state index contributed by atoms with van der Waals surface area (Å²) in [6, 6.07) is 0. The zero-order valence-corrected chi connectivity index (χ0v) is 12.3. The van der Waals surface area contributed by atoms with Gasteiger partial charge >= 0.3 is 5.97 Å². The lowest BCUT2D eigenvalue weighted by Gasteiger charge is -2.28. The van der Waals surface area contributed by atoms with E-state index in [2.05, 4.69) is 29.0 Å². The van der Waals surface area contributed by atoms with E-state index < -0.39 is 5.97 Å². The van der Waals surface area contributed by atoms with Crippen LogP contribution in [-0.4, -0.2) is 32.0 Å². The summed E-state index contributed by atoms with van der Waals surface area (Å²) in [6.45, 7) is 4.47. The lowest BCUT2D eigenvalue weighted by atomic mass is 9.78. The van der Waals surface area contributed by atoms with Gasteiger partial charge in [-0.05, 0) is 25.2 Å². The minimum Gasteiger partial charge on any atom is -0.481 e. The van der Waals surface area contributed by atoms with E-state index in [0.29, 0.717) is 11.1 Å². The number of rotatable bonds is 6. The van der Waals surface area contributed by atoms with Crippen molar-refractivity contribution in [2.24, 2.45) is 5.92 Å². The fraction of sp³-hybridized carbons (Fsp3) is 0.769. The first-order valence-electron chi connectivity index (χ1n) is 6.79. The molecule has 0 radical (unpaired) electrons. The van der Waals surface area contributed by atoms with E-state index in [9.17, 15) is 4.79 Å². The Kier molecular flexibility index (Phi) is 4.50. The average molecular weight is 283 g/mol. The van der Waals surface area contributed by atoms with Gasteiger partial charge in [0.25, 0.3) is 0 Å². The second kappa shape index (κ2) is 5.94. The lowest BCUT2D eigenvalue weighted by Crippen LogP contribution is -2.26. The van der Waals surface area contributed by atoms with Crippen LogP contribution >= 0.6 is 11.8 Å². The molecule has 0 saturated heterocycles. The van der Waals surface area contributed by atoms with Crippen molar-refractivity contribution >= 4 is 17.7 Å². The summed E-state index contributed by atoms with van der Waals surface area (Å²) in [5.74, 6) is 0.744. The Hall–Kier alpha value is -1.04. The van der Waals surface area contributed by atoms with Gasteiger partial charge in [-0.25, -0.2) is 4.98 Å². The van der Waals surface area contributed by atoms with Crippen molar-refractivity contribution in [2.75, 3.05) is 5.75 Å². The molecule has 6 heteroatoms. The molecule has 1 saturated carbocycles. The van der Waals surface area contributed by atoms with Crippen molar-refractivity contribution in [3.05, 3.63) is 5.82 Å². The normalized spacial score (nSPS) is 18.1. The molecule has 0 atom stereocenters. The van der Waals surface area contributed by atoms with Gasteiger partial charge in [-0.15, -0.1) is 5.10 Å². The van der Waals surface area contributed by atoms with E-state index in [0.717, 1.165) is 25.1 Å². The van der Waals surface area contributed by atoms with Gasteiger partial charge in [0.1, 0.15) is 5.82 Å². The standard InChI is InChI=1S/C13H21N3O2S/c1-9(2)7-13(5-3-4-6-13)11-14-12(16-15-11)19-8-10(17)18/h9H,3-8H2,1-2H3,(H,17,18)(H,14,15,16).